The standard InChI is InChI=1S/C16H23N3O5/c1-11(7-15(20)17-5-6-22-2)18-19-16(21)12-8-13(23-3)10-14(9-12)24-4/h8-10H,5-7H2,1-4H3,(H,17,20)(H,19,21)/b18-11+. The van der Waals surface area contributed by atoms with Crippen molar-refractivity contribution < 1.29 is 23.8 Å². The summed E-state index contributed by atoms with van der Waals surface area (Å²) in [5.41, 5.74) is 3.23. The number of amides is 2. The van der Waals surface area contributed by atoms with Gasteiger partial charge in [-0.25, -0.2) is 5.43 Å². The van der Waals surface area contributed by atoms with E-state index in [1.165, 1.54) is 14.2 Å². The Morgan fingerprint density at radius 2 is 1.71 bits per heavy atom. The number of nitrogens with one attached hydrogen (secondary N) is 2. The minimum Gasteiger partial charge on any atom is -0.497 e. The van der Waals surface area contributed by atoms with E-state index in [4.69, 9.17) is 14.2 Å². The van der Waals surface area contributed by atoms with Gasteiger partial charge in [-0.05, 0) is 19.1 Å². The van der Waals surface area contributed by atoms with E-state index in [0.717, 1.165) is 0 Å². The first kappa shape index (κ1) is 19.4. The number of methoxy groups -OCH3 is 3. The number of hydrogen-bond acceptors (Lipinski definition) is 6. The van der Waals surface area contributed by atoms with Crippen molar-refractivity contribution in [1.29, 1.82) is 0 Å². The molecule has 0 aliphatic rings. The Labute approximate surface area is 141 Å². The van der Waals surface area contributed by atoms with Gasteiger partial charge in [0.25, 0.3) is 5.91 Å². The summed E-state index contributed by atoms with van der Waals surface area (Å²) in [6, 6.07) is 4.80. The zero-order chi connectivity index (χ0) is 17.9. The van der Waals surface area contributed by atoms with E-state index >= 15 is 0 Å². The zero-order valence-electron chi connectivity index (χ0n) is 14.3. The fourth-order valence-corrected chi connectivity index (χ4v) is 1.78. The molecule has 1 aromatic rings. The molecular weight excluding hydrogens is 314 g/mol. The second kappa shape index (κ2) is 10.2. The van der Waals surface area contributed by atoms with Gasteiger partial charge in [-0.3, -0.25) is 9.59 Å². The summed E-state index contributed by atoms with van der Waals surface area (Å²) < 4.78 is 15.1. The molecule has 0 bridgehead atoms. The van der Waals surface area contributed by atoms with E-state index in [-0.39, 0.29) is 12.3 Å². The van der Waals surface area contributed by atoms with Crippen molar-refractivity contribution in [2.24, 2.45) is 5.10 Å². The Balaban J connectivity index is 2.62. The van der Waals surface area contributed by atoms with Crippen molar-refractivity contribution in [1.82, 2.24) is 10.7 Å². The van der Waals surface area contributed by atoms with E-state index in [2.05, 4.69) is 15.8 Å². The highest BCUT2D eigenvalue weighted by Crippen LogP contribution is 2.22. The Morgan fingerprint density at radius 3 is 2.25 bits per heavy atom. The molecule has 0 spiro atoms. The Hall–Kier alpha value is -2.61. The minimum atomic E-state index is -0.425. The molecule has 0 unspecified atom stereocenters. The van der Waals surface area contributed by atoms with E-state index in [0.29, 0.717) is 35.9 Å². The van der Waals surface area contributed by atoms with Crippen LogP contribution in [-0.4, -0.2) is 52.0 Å². The lowest BCUT2D eigenvalue weighted by atomic mass is 10.2. The summed E-state index contributed by atoms with van der Waals surface area (Å²) in [5, 5.41) is 6.60. The molecule has 0 heterocycles. The van der Waals surface area contributed by atoms with Crippen LogP contribution in [-0.2, 0) is 9.53 Å². The summed E-state index contributed by atoms with van der Waals surface area (Å²) in [6.45, 7) is 2.53. The van der Waals surface area contributed by atoms with Crippen molar-refractivity contribution in [3.8, 4) is 11.5 Å². The molecule has 0 atom stereocenters. The molecule has 8 nitrogen and oxygen atoms in total. The molecule has 0 fully saturated rings. The Morgan fingerprint density at radius 1 is 1.08 bits per heavy atom. The highest BCUT2D eigenvalue weighted by molar-refractivity contribution is 6.01. The molecule has 24 heavy (non-hydrogen) atoms. The van der Waals surface area contributed by atoms with Crippen LogP contribution < -0.4 is 20.2 Å². The molecule has 0 radical (unpaired) electrons. The van der Waals surface area contributed by atoms with Gasteiger partial charge in [0.2, 0.25) is 5.91 Å². The fraction of sp³-hybridized carbons (Fsp3) is 0.438. The van der Waals surface area contributed by atoms with Crippen LogP contribution >= 0.6 is 0 Å². The molecule has 1 rings (SSSR count). The molecule has 0 aliphatic heterocycles. The van der Waals surface area contributed by atoms with Gasteiger partial charge in [-0.2, -0.15) is 5.10 Å². The summed E-state index contributed by atoms with van der Waals surface area (Å²) >= 11 is 0. The van der Waals surface area contributed by atoms with Gasteiger partial charge in [0, 0.05) is 31.0 Å². The van der Waals surface area contributed by atoms with Crippen LogP contribution in [0.4, 0.5) is 0 Å². The third-order valence-electron chi connectivity index (χ3n) is 3.01. The van der Waals surface area contributed by atoms with Gasteiger partial charge in [-0.15, -0.1) is 0 Å². The molecule has 132 valence electrons. The zero-order valence-corrected chi connectivity index (χ0v) is 14.3. The fourth-order valence-electron chi connectivity index (χ4n) is 1.78. The number of hydrogen-bond donors (Lipinski definition) is 2. The van der Waals surface area contributed by atoms with Gasteiger partial charge in [0.15, 0.2) is 0 Å². The van der Waals surface area contributed by atoms with Gasteiger partial charge in [0.05, 0.1) is 27.2 Å². The average Bonchev–Trinajstić information content (AvgIpc) is 2.59. The van der Waals surface area contributed by atoms with Crippen molar-refractivity contribution in [3.63, 3.8) is 0 Å². The monoisotopic (exact) mass is 337 g/mol. The molecule has 1 aromatic carbocycles. The van der Waals surface area contributed by atoms with Crippen molar-refractivity contribution >= 4 is 17.5 Å². The van der Waals surface area contributed by atoms with Crippen LogP contribution in [0, 0.1) is 0 Å². The van der Waals surface area contributed by atoms with E-state index in [9.17, 15) is 9.59 Å². The lowest BCUT2D eigenvalue weighted by molar-refractivity contribution is -0.120. The molecule has 0 saturated heterocycles. The Kier molecular flexibility index (Phi) is 8.28. The summed E-state index contributed by atoms with van der Waals surface area (Å²) in [5.74, 6) is 0.382. The number of carbonyl (C=O) groups is 2. The van der Waals surface area contributed by atoms with Crippen LogP contribution in [0.15, 0.2) is 23.3 Å². The number of hydrazone groups is 1. The van der Waals surface area contributed by atoms with Crippen LogP contribution in [0.3, 0.4) is 0 Å². The van der Waals surface area contributed by atoms with E-state index < -0.39 is 5.91 Å². The average molecular weight is 337 g/mol. The Bertz CT molecular complexity index is 579. The summed E-state index contributed by atoms with van der Waals surface area (Å²) in [7, 11) is 4.56. The number of carbonyl (C=O) groups excluding carboxylic acids is 2. The number of benzene rings is 1. The van der Waals surface area contributed by atoms with Crippen molar-refractivity contribution in [2.45, 2.75) is 13.3 Å². The summed E-state index contributed by atoms with van der Waals surface area (Å²) in [6.07, 6.45) is 0.0887. The predicted molar refractivity (Wildman–Crippen MR) is 89.6 cm³/mol. The van der Waals surface area contributed by atoms with Crippen molar-refractivity contribution in [3.05, 3.63) is 23.8 Å². The molecule has 2 amide bonds. The molecule has 0 aromatic heterocycles. The SMILES string of the molecule is COCCNC(=O)C/C(C)=N/NC(=O)c1cc(OC)cc(OC)c1. The lowest BCUT2D eigenvalue weighted by Crippen LogP contribution is -2.29. The molecule has 0 aliphatic carbocycles. The van der Waals surface area contributed by atoms with Crippen LogP contribution in [0.2, 0.25) is 0 Å². The smallest absolute Gasteiger partial charge is 0.271 e. The lowest BCUT2D eigenvalue weighted by Gasteiger charge is -2.08. The first-order valence-electron chi connectivity index (χ1n) is 7.32. The maximum Gasteiger partial charge on any atom is 0.271 e. The van der Waals surface area contributed by atoms with Gasteiger partial charge in [0.1, 0.15) is 11.5 Å². The number of ether oxygens (including phenoxy) is 3. The van der Waals surface area contributed by atoms with Gasteiger partial charge >= 0.3 is 0 Å². The number of nitrogens with zero attached hydrogens (tertiary/aromatic N) is 1. The quantitative estimate of drug-likeness (QED) is 0.397. The van der Waals surface area contributed by atoms with Gasteiger partial charge in [-0.1, -0.05) is 0 Å². The van der Waals surface area contributed by atoms with Crippen LogP contribution in [0.1, 0.15) is 23.7 Å². The summed E-state index contributed by atoms with van der Waals surface area (Å²) in [4.78, 5) is 23.8. The van der Waals surface area contributed by atoms with Crippen molar-refractivity contribution in [2.75, 3.05) is 34.5 Å². The highest BCUT2D eigenvalue weighted by Gasteiger charge is 2.10. The maximum absolute atomic E-state index is 12.1. The third-order valence-corrected chi connectivity index (χ3v) is 3.01. The largest absolute Gasteiger partial charge is 0.497 e. The highest BCUT2D eigenvalue weighted by atomic mass is 16.5. The predicted octanol–water partition coefficient (Wildman–Crippen LogP) is 0.962. The molecular formula is C16H23N3O5. The second-order valence-corrected chi connectivity index (χ2v) is 4.91. The molecule has 0 saturated carbocycles. The van der Waals surface area contributed by atoms with Crippen LogP contribution in [0.5, 0.6) is 11.5 Å². The first-order chi connectivity index (χ1) is 11.5. The molecule has 2 N–H and O–H groups in total. The molecule has 8 heteroatoms. The van der Waals surface area contributed by atoms with E-state index in [1.54, 1.807) is 32.2 Å². The number of rotatable bonds is 9. The normalized spacial score (nSPS) is 10.9. The first-order valence-corrected chi connectivity index (χ1v) is 7.32. The second-order valence-electron chi connectivity index (χ2n) is 4.91. The van der Waals surface area contributed by atoms with Gasteiger partial charge < -0.3 is 19.5 Å². The van der Waals surface area contributed by atoms with E-state index in [1.807, 2.05) is 0 Å². The van der Waals surface area contributed by atoms with Crippen LogP contribution in [0.25, 0.3) is 0 Å². The third kappa shape index (κ3) is 6.66. The topological polar surface area (TPSA) is 98.2 Å². The maximum atomic E-state index is 12.1. The minimum absolute atomic E-state index is 0.0887.